The van der Waals surface area contributed by atoms with Crippen LogP contribution in [0.15, 0.2) is 23.0 Å². The largest absolute Gasteiger partial charge is 0.472 e. The molecular weight excluding hydrogens is 180 g/mol. The minimum atomic E-state index is 0.212. The Kier molecular flexibility index (Phi) is 4.65. The third-order valence-electron chi connectivity index (χ3n) is 2.33. The Balaban J connectivity index is 2.53. The van der Waals surface area contributed by atoms with Crippen LogP contribution in [0, 0.1) is 0 Å². The molecule has 4 heteroatoms. The van der Waals surface area contributed by atoms with Crippen LogP contribution in [0.2, 0.25) is 0 Å². The molecule has 0 radical (unpaired) electrons. The van der Waals surface area contributed by atoms with Gasteiger partial charge in [-0.1, -0.05) is 0 Å². The van der Waals surface area contributed by atoms with Gasteiger partial charge >= 0.3 is 0 Å². The first-order chi connectivity index (χ1) is 6.79. The van der Waals surface area contributed by atoms with Gasteiger partial charge in [0.15, 0.2) is 0 Å². The highest BCUT2D eigenvalue weighted by Crippen LogP contribution is 2.17. The zero-order chi connectivity index (χ0) is 10.4. The average Bonchev–Trinajstić information content (AvgIpc) is 2.69. The van der Waals surface area contributed by atoms with Crippen LogP contribution in [0.5, 0.6) is 0 Å². The quantitative estimate of drug-likeness (QED) is 0.736. The SMILES string of the molecule is COCCN(C)C(CN)c1ccoc1. The molecule has 1 aromatic rings. The van der Waals surface area contributed by atoms with Crippen molar-refractivity contribution >= 4 is 0 Å². The van der Waals surface area contributed by atoms with E-state index < -0.39 is 0 Å². The number of rotatable bonds is 6. The van der Waals surface area contributed by atoms with E-state index in [4.69, 9.17) is 14.9 Å². The smallest absolute Gasteiger partial charge is 0.0950 e. The minimum Gasteiger partial charge on any atom is -0.472 e. The summed E-state index contributed by atoms with van der Waals surface area (Å²) < 4.78 is 10.1. The van der Waals surface area contributed by atoms with Gasteiger partial charge in [-0.2, -0.15) is 0 Å². The molecule has 0 bridgehead atoms. The van der Waals surface area contributed by atoms with E-state index in [1.54, 1.807) is 19.6 Å². The molecule has 80 valence electrons. The number of likely N-dealkylation sites (N-methyl/N-ethyl adjacent to an activating group) is 1. The van der Waals surface area contributed by atoms with E-state index in [9.17, 15) is 0 Å². The summed E-state index contributed by atoms with van der Waals surface area (Å²) in [5.74, 6) is 0. The molecule has 1 atom stereocenters. The molecule has 0 aliphatic carbocycles. The third-order valence-corrected chi connectivity index (χ3v) is 2.33. The van der Waals surface area contributed by atoms with Crippen LogP contribution in [-0.2, 0) is 4.74 Å². The van der Waals surface area contributed by atoms with Crippen molar-refractivity contribution in [2.75, 3.05) is 33.9 Å². The first kappa shape index (κ1) is 11.2. The van der Waals surface area contributed by atoms with Crippen LogP contribution < -0.4 is 5.73 Å². The van der Waals surface area contributed by atoms with E-state index in [0.717, 1.165) is 12.1 Å². The number of hydrogen-bond acceptors (Lipinski definition) is 4. The zero-order valence-electron chi connectivity index (χ0n) is 8.77. The number of ether oxygens (including phenoxy) is 1. The molecule has 1 rings (SSSR count). The molecule has 1 heterocycles. The zero-order valence-corrected chi connectivity index (χ0v) is 8.77. The molecule has 0 spiro atoms. The van der Waals surface area contributed by atoms with Crippen LogP contribution in [0.1, 0.15) is 11.6 Å². The van der Waals surface area contributed by atoms with E-state index in [1.165, 1.54) is 0 Å². The Bertz CT molecular complexity index is 236. The second-order valence-corrected chi connectivity index (χ2v) is 3.28. The summed E-state index contributed by atoms with van der Waals surface area (Å²) in [7, 11) is 3.73. The van der Waals surface area contributed by atoms with Gasteiger partial charge in [0.2, 0.25) is 0 Å². The van der Waals surface area contributed by atoms with Gasteiger partial charge in [0.25, 0.3) is 0 Å². The second kappa shape index (κ2) is 5.80. The van der Waals surface area contributed by atoms with Gasteiger partial charge in [0.1, 0.15) is 0 Å². The normalized spacial score (nSPS) is 13.4. The third kappa shape index (κ3) is 2.83. The van der Waals surface area contributed by atoms with Crippen LogP contribution in [0.25, 0.3) is 0 Å². The maximum Gasteiger partial charge on any atom is 0.0950 e. The lowest BCUT2D eigenvalue weighted by Crippen LogP contribution is -2.32. The second-order valence-electron chi connectivity index (χ2n) is 3.28. The Labute approximate surface area is 84.6 Å². The summed E-state index contributed by atoms with van der Waals surface area (Å²) in [5, 5.41) is 0. The standard InChI is InChI=1S/C10H18N2O2/c1-12(4-6-13-2)10(7-11)9-3-5-14-8-9/h3,5,8,10H,4,6-7,11H2,1-2H3. The monoisotopic (exact) mass is 198 g/mol. The molecular formula is C10H18N2O2. The molecule has 0 fully saturated rings. The van der Waals surface area contributed by atoms with Gasteiger partial charge in [-0.05, 0) is 13.1 Å². The highest BCUT2D eigenvalue weighted by Gasteiger charge is 2.15. The average molecular weight is 198 g/mol. The maximum atomic E-state index is 5.71. The number of furan rings is 1. The molecule has 2 N–H and O–H groups in total. The molecule has 0 aliphatic heterocycles. The Morgan fingerprint density at radius 1 is 1.64 bits per heavy atom. The van der Waals surface area contributed by atoms with Gasteiger partial charge in [-0.25, -0.2) is 0 Å². The molecule has 1 aromatic heterocycles. The molecule has 1 unspecified atom stereocenters. The maximum absolute atomic E-state index is 5.71. The highest BCUT2D eigenvalue weighted by atomic mass is 16.5. The van der Waals surface area contributed by atoms with Crippen LogP contribution >= 0.6 is 0 Å². The van der Waals surface area contributed by atoms with E-state index in [2.05, 4.69) is 4.90 Å². The fraction of sp³-hybridized carbons (Fsp3) is 0.600. The summed E-state index contributed by atoms with van der Waals surface area (Å²) in [6, 6.07) is 2.16. The van der Waals surface area contributed by atoms with Crippen molar-refractivity contribution < 1.29 is 9.15 Å². The van der Waals surface area contributed by atoms with Gasteiger partial charge in [-0.3, -0.25) is 4.90 Å². The van der Waals surface area contributed by atoms with Crippen LogP contribution in [0.3, 0.4) is 0 Å². The fourth-order valence-corrected chi connectivity index (χ4v) is 1.43. The molecule has 0 saturated heterocycles. The summed E-state index contributed by atoms with van der Waals surface area (Å²) in [6.45, 7) is 2.16. The van der Waals surface area contributed by atoms with Gasteiger partial charge in [0, 0.05) is 31.8 Å². The molecule has 0 saturated carbocycles. The molecule has 14 heavy (non-hydrogen) atoms. The van der Waals surface area contributed by atoms with Gasteiger partial charge < -0.3 is 14.9 Å². The summed E-state index contributed by atoms with van der Waals surface area (Å²) in [4.78, 5) is 2.16. The molecule has 0 amide bonds. The predicted octanol–water partition coefficient (Wildman–Crippen LogP) is 0.858. The van der Waals surface area contributed by atoms with E-state index in [-0.39, 0.29) is 6.04 Å². The first-order valence-corrected chi connectivity index (χ1v) is 4.71. The van der Waals surface area contributed by atoms with Crippen molar-refractivity contribution in [3.8, 4) is 0 Å². The van der Waals surface area contributed by atoms with Crippen molar-refractivity contribution in [3.63, 3.8) is 0 Å². The fourth-order valence-electron chi connectivity index (χ4n) is 1.43. The number of methoxy groups -OCH3 is 1. The van der Waals surface area contributed by atoms with Gasteiger partial charge in [-0.15, -0.1) is 0 Å². The van der Waals surface area contributed by atoms with E-state index >= 15 is 0 Å². The summed E-state index contributed by atoms with van der Waals surface area (Å²) in [6.07, 6.45) is 3.41. The number of nitrogens with zero attached hydrogens (tertiary/aromatic N) is 1. The number of nitrogens with two attached hydrogens (primary N) is 1. The van der Waals surface area contributed by atoms with Gasteiger partial charge in [0.05, 0.1) is 19.1 Å². The molecule has 0 aromatic carbocycles. The lowest BCUT2D eigenvalue weighted by molar-refractivity contribution is 0.140. The van der Waals surface area contributed by atoms with E-state index in [1.807, 2.05) is 13.1 Å². The Hall–Kier alpha value is -0.840. The van der Waals surface area contributed by atoms with Crippen LogP contribution in [-0.4, -0.2) is 38.8 Å². The van der Waals surface area contributed by atoms with Crippen molar-refractivity contribution in [2.24, 2.45) is 5.73 Å². The summed E-state index contributed by atoms with van der Waals surface area (Å²) >= 11 is 0. The minimum absolute atomic E-state index is 0.212. The highest BCUT2D eigenvalue weighted by molar-refractivity contribution is 5.12. The van der Waals surface area contributed by atoms with Crippen molar-refractivity contribution in [1.29, 1.82) is 0 Å². The first-order valence-electron chi connectivity index (χ1n) is 4.71. The lowest BCUT2D eigenvalue weighted by atomic mass is 10.1. The topological polar surface area (TPSA) is 51.6 Å². The molecule has 4 nitrogen and oxygen atoms in total. The number of hydrogen-bond donors (Lipinski definition) is 1. The Morgan fingerprint density at radius 3 is 2.93 bits per heavy atom. The van der Waals surface area contributed by atoms with Crippen molar-refractivity contribution in [3.05, 3.63) is 24.2 Å². The summed E-state index contributed by atoms with van der Waals surface area (Å²) in [5.41, 5.74) is 6.83. The van der Waals surface area contributed by atoms with E-state index in [0.29, 0.717) is 13.2 Å². The van der Waals surface area contributed by atoms with Crippen molar-refractivity contribution in [2.45, 2.75) is 6.04 Å². The predicted molar refractivity (Wildman–Crippen MR) is 55.0 cm³/mol. The van der Waals surface area contributed by atoms with Crippen LogP contribution in [0.4, 0.5) is 0 Å². The molecule has 0 aliphatic rings. The Morgan fingerprint density at radius 2 is 2.43 bits per heavy atom. The lowest BCUT2D eigenvalue weighted by Gasteiger charge is -2.25. The van der Waals surface area contributed by atoms with Crippen molar-refractivity contribution in [1.82, 2.24) is 4.90 Å².